The molecule has 0 aliphatic carbocycles. The van der Waals surface area contributed by atoms with E-state index in [0.29, 0.717) is 0 Å². The first-order chi connectivity index (χ1) is 4.34. The Kier molecular flexibility index (Phi) is 2.69. The van der Waals surface area contributed by atoms with Gasteiger partial charge in [0.2, 0.25) is 0 Å². The first-order valence-corrected chi connectivity index (χ1v) is 4.26. The van der Waals surface area contributed by atoms with Gasteiger partial charge >= 0.3 is 0 Å². The Bertz CT molecular complexity index is 198. The molecule has 48 valence electrons. The van der Waals surface area contributed by atoms with E-state index in [0.717, 1.165) is 9.78 Å². The molecular formula is C6H6S3. The fourth-order valence-electron chi connectivity index (χ4n) is 0.488. The zero-order valence-electron chi connectivity index (χ0n) is 4.61. The smallest absolute Gasteiger partial charge is 0.0408 e. The fraction of sp³-hybridized carbons (Fsp3) is 0. The van der Waals surface area contributed by atoms with Crippen LogP contribution in [0.1, 0.15) is 4.88 Å². The predicted octanol–water partition coefficient (Wildman–Crippen LogP) is 2.91. The molecule has 0 fully saturated rings. The third-order valence-corrected chi connectivity index (χ3v) is 2.78. The van der Waals surface area contributed by atoms with E-state index in [1.807, 2.05) is 17.5 Å². The maximum Gasteiger partial charge on any atom is 0.0408 e. The van der Waals surface area contributed by atoms with Crippen LogP contribution in [0.4, 0.5) is 0 Å². The molecule has 1 aromatic rings. The minimum absolute atomic E-state index is 0.924. The van der Waals surface area contributed by atoms with Gasteiger partial charge in [0.15, 0.2) is 0 Å². The van der Waals surface area contributed by atoms with Gasteiger partial charge < -0.3 is 0 Å². The zero-order chi connectivity index (χ0) is 6.69. The molecule has 0 nitrogen and oxygen atoms in total. The highest BCUT2D eigenvalue weighted by Gasteiger charge is 1.92. The molecule has 0 radical (unpaired) electrons. The summed E-state index contributed by atoms with van der Waals surface area (Å²) in [5.41, 5.74) is 0. The molecule has 0 atom stereocenters. The average molecular weight is 174 g/mol. The third kappa shape index (κ3) is 1.78. The molecule has 0 aromatic carbocycles. The Hall–Kier alpha value is 0.140. The minimum atomic E-state index is 0.924. The van der Waals surface area contributed by atoms with Crippen LogP contribution in [0, 0.1) is 0 Å². The molecule has 9 heavy (non-hydrogen) atoms. The summed E-state index contributed by atoms with van der Waals surface area (Å²) in [5.74, 6) is 0. The van der Waals surface area contributed by atoms with E-state index in [9.17, 15) is 0 Å². The van der Waals surface area contributed by atoms with Crippen molar-refractivity contribution in [3.05, 3.63) is 27.8 Å². The summed E-state index contributed by atoms with van der Waals surface area (Å²) in [6, 6.07) is 4.01. The standard InChI is InChI=1S/C6H6S3/c7-4-5(8)6-2-1-3-9-6/h1-4,7-8H/b5-4-. The Balaban J connectivity index is 2.90. The molecule has 0 N–H and O–H groups in total. The van der Waals surface area contributed by atoms with E-state index in [2.05, 4.69) is 25.3 Å². The van der Waals surface area contributed by atoms with Crippen molar-refractivity contribution in [2.45, 2.75) is 0 Å². The van der Waals surface area contributed by atoms with Crippen molar-refractivity contribution in [1.82, 2.24) is 0 Å². The Morgan fingerprint density at radius 1 is 1.67 bits per heavy atom. The second-order valence-corrected chi connectivity index (χ2v) is 3.18. The predicted molar refractivity (Wildman–Crippen MR) is 50.3 cm³/mol. The zero-order valence-corrected chi connectivity index (χ0v) is 7.22. The van der Waals surface area contributed by atoms with Crippen LogP contribution in [0.25, 0.3) is 4.91 Å². The normalized spacial score (nSPS) is 12.0. The van der Waals surface area contributed by atoms with Crippen LogP contribution >= 0.6 is 36.6 Å². The van der Waals surface area contributed by atoms with Gasteiger partial charge in [0.25, 0.3) is 0 Å². The highest BCUT2D eigenvalue weighted by molar-refractivity contribution is 7.93. The third-order valence-electron chi connectivity index (χ3n) is 0.896. The van der Waals surface area contributed by atoms with Gasteiger partial charge in [0, 0.05) is 9.78 Å². The first kappa shape index (κ1) is 7.25. The molecule has 0 amide bonds. The van der Waals surface area contributed by atoms with Crippen LogP contribution < -0.4 is 0 Å². The molecule has 0 bridgehead atoms. The maximum absolute atomic E-state index is 4.18. The molecule has 0 saturated carbocycles. The highest BCUT2D eigenvalue weighted by atomic mass is 32.1. The monoisotopic (exact) mass is 174 g/mol. The molecule has 0 unspecified atom stereocenters. The number of thiol groups is 2. The number of thiophene rings is 1. The quantitative estimate of drug-likeness (QED) is 0.601. The molecule has 0 saturated heterocycles. The molecule has 0 spiro atoms. The lowest BCUT2D eigenvalue weighted by Crippen LogP contribution is -1.60. The summed E-state index contributed by atoms with van der Waals surface area (Å²) in [6.45, 7) is 0. The summed E-state index contributed by atoms with van der Waals surface area (Å²) in [6.07, 6.45) is 0. The maximum atomic E-state index is 4.18. The summed E-state index contributed by atoms with van der Waals surface area (Å²) < 4.78 is 0. The van der Waals surface area contributed by atoms with Crippen molar-refractivity contribution in [3.63, 3.8) is 0 Å². The van der Waals surface area contributed by atoms with Crippen LogP contribution in [-0.4, -0.2) is 0 Å². The summed E-state index contributed by atoms with van der Waals surface area (Å²) in [7, 11) is 0. The Labute approximate surface area is 69.4 Å². The minimum Gasteiger partial charge on any atom is -0.150 e. The molecule has 1 aromatic heterocycles. The summed E-state index contributed by atoms with van der Waals surface area (Å²) in [4.78, 5) is 2.08. The van der Waals surface area contributed by atoms with Gasteiger partial charge in [0.1, 0.15) is 0 Å². The Morgan fingerprint density at radius 2 is 2.44 bits per heavy atom. The molecule has 0 aliphatic heterocycles. The van der Waals surface area contributed by atoms with Crippen molar-refractivity contribution in [1.29, 1.82) is 0 Å². The largest absolute Gasteiger partial charge is 0.150 e. The van der Waals surface area contributed by atoms with Gasteiger partial charge in [-0.1, -0.05) is 6.07 Å². The van der Waals surface area contributed by atoms with E-state index in [1.54, 1.807) is 16.7 Å². The van der Waals surface area contributed by atoms with Gasteiger partial charge in [-0.15, -0.1) is 24.0 Å². The SMILES string of the molecule is S/C=C(\S)c1cccs1. The van der Waals surface area contributed by atoms with Crippen LogP contribution in [0.2, 0.25) is 0 Å². The van der Waals surface area contributed by atoms with Crippen LogP contribution in [0.5, 0.6) is 0 Å². The molecule has 1 heterocycles. The van der Waals surface area contributed by atoms with Gasteiger partial charge in [-0.2, -0.15) is 12.6 Å². The molecular weight excluding hydrogens is 168 g/mol. The second-order valence-electron chi connectivity index (χ2n) is 1.49. The topological polar surface area (TPSA) is 0 Å². The van der Waals surface area contributed by atoms with Crippen molar-refractivity contribution < 1.29 is 0 Å². The number of rotatable bonds is 1. The van der Waals surface area contributed by atoms with Crippen LogP contribution in [0.3, 0.4) is 0 Å². The van der Waals surface area contributed by atoms with Crippen molar-refractivity contribution in [3.8, 4) is 0 Å². The summed E-state index contributed by atoms with van der Waals surface area (Å²) >= 11 is 9.81. The second kappa shape index (κ2) is 3.34. The van der Waals surface area contributed by atoms with E-state index >= 15 is 0 Å². The lowest BCUT2D eigenvalue weighted by molar-refractivity contribution is 1.95. The molecule has 0 aliphatic rings. The van der Waals surface area contributed by atoms with E-state index in [1.165, 1.54) is 0 Å². The Morgan fingerprint density at radius 3 is 2.89 bits per heavy atom. The highest BCUT2D eigenvalue weighted by Crippen LogP contribution is 2.23. The number of hydrogen-bond donors (Lipinski definition) is 2. The van der Waals surface area contributed by atoms with Crippen LogP contribution in [0.15, 0.2) is 22.9 Å². The summed E-state index contributed by atoms with van der Waals surface area (Å²) in [5, 5.41) is 3.71. The number of hydrogen-bond acceptors (Lipinski definition) is 3. The van der Waals surface area contributed by atoms with E-state index < -0.39 is 0 Å². The van der Waals surface area contributed by atoms with Gasteiger partial charge in [-0.05, 0) is 16.9 Å². The van der Waals surface area contributed by atoms with Crippen molar-refractivity contribution in [2.75, 3.05) is 0 Å². The van der Waals surface area contributed by atoms with Gasteiger partial charge in [-0.25, -0.2) is 0 Å². The molecule has 3 heteroatoms. The van der Waals surface area contributed by atoms with E-state index in [-0.39, 0.29) is 0 Å². The lowest BCUT2D eigenvalue weighted by Gasteiger charge is -1.88. The van der Waals surface area contributed by atoms with Crippen molar-refractivity contribution >= 4 is 41.5 Å². The van der Waals surface area contributed by atoms with E-state index in [4.69, 9.17) is 0 Å². The first-order valence-electron chi connectivity index (χ1n) is 2.42. The van der Waals surface area contributed by atoms with Crippen LogP contribution in [-0.2, 0) is 0 Å². The van der Waals surface area contributed by atoms with Gasteiger partial charge in [-0.3, -0.25) is 0 Å². The lowest BCUT2D eigenvalue weighted by atomic mass is 10.5. The average Bonchev–Trinajstić information content (AvgIpc) is 2.37. The fourth-order valence-corrected chi connectivity index (χ4v) is 1.59. The molecule has 1 rings (SSSR count). The van der Waals surface area contributed by atoms with Gasteiger partial charge in [0.05, 0.1) is 0 Å². The van der Waals surface area contributed by atoms with Crippen molar-refractivity contribution in [2.24, 2.45) is 0 Å².